The normalized spacial score (nSPS) is 12.3. The van der Waals surface area contributed by atoms with Crippen molar-refractivity contribution in [1.82, 2.24) is 0 Å². The Hall–Kier alpha value is -1.31. The molecule has 19 heavy (non-hydrogen) atoms. The fraction of sp³-hybridized carbons (Fsp3) is 0.294. The molecular formula is C17H20ClN. The van der Waals surface area contributed by atoms with Gasteiger partial charge < -0.3 is 5.73 Å². The fourth-order valence-corrected chi connectivity index (χ4v) is 2.65. The molecule has 0 bridgehead atoms. The van der Waals surface area contributed by atoms with E-state index in [0.717, 1.165) is 30.8 Å². The number of hydrogen-bond acceptors (Lipinski definition) is 1. The van der Waals surface area contributed by atoms with E-state index in [-0.39, 0.29) is 0 Å². The van der Waals surface area contributed by atoms with Gasteiger partial charge in [-0.1, -0.05) is 54.1 Å². The number of rotatable bonds is 6. The van der Waals surface area contributed by atoms with E-state index >= 15 is 0 Å². The van der Waals surface area contributed by atoms with Crippen LogP contribution >= 0.6 is 11.6 Å². The highest BCUT2D eigenvalue weighted by molar-refractivity contribution is 6.30. The minimum atomic E-state index is 0.533. The van der Waals surface area contributed by atoms with Gasteiger partial charge >= 0.3 is 0 Å². The van der Waals surface area contributed by atoms with Crippen molar-refractivity contribution in [2.24, 2.45) is 5.73 Å². The molecule has 2 aromatic rings. The van der Waals surface area contributed by atoms with E-state index in [1.807, 2.05) is 18.2 Å². The third-order valence-corrected chi connectivity index (χ3v) is 3.69. The van der Waals surface area contributed by atoms with Crippen molar-refractivity contribution < 1.29 is 0 Å². The molecule has 2 aromatic carbocycles. The van der Waals surface area contributed by atoms with E-state index in [9.17, 15) is 0 Å². The van der Waals surface area contributed by atoms with Gasteiger partial charge in [0.05, 0.1) is 0 Å². The van der Waals surface area contributed by atoms with Crippen molar-refractivity contribution in [2.75, 3.05) is 6.54 Å². The van der Waals surface area contributed by atoms with E-state index < -0.39 is 0 Å². The molecule has 0 aromatic heterocycles. The molecule has 0 aliphatic heterocycles. The lowest BCUT2D eigenvalue weighted by molar-refractivity contribution is 0.584. The van der Waals surface area contributed by atoms with Crippen LogP contribution in [0.25, 0.3) is 0 Å². The Labute approximate surface area is 120 Å². The lowest BCUT2D eigenvalue weighted by Crippen LogP contribution is -2.08. The van der Waals surface area contributed by atoms with Gasteiger partial charge in [0.2, 0.25) is 0 Å². The van der Waals surface area contributed by atoms with Crippen LogP contribution in [-0.2, 0) is 6.42 Å². The van der Waals surface area contributed by atoms with Crippen LogP contribution in [0.1, 0.15) is 29.9 Å². The maximum atomic E-state index is 6.02. The van der Waals surface area contributed by atoms with E-state index in [0.29, 0.717) is 5.92 Å². The molecule has 2 N–H and O–H groups in total. The van der Waals surface area contributed by atoms with Crippen LogP contribution in [0, 0.1) is 0 Å². The first-order chi connectivity index (χ1) is 9.29. The Bertz CT molecular complexity index is 496. The first kappa shape index (κ1) is 14.1. The minimum absolute atomic E-state index is 0.533. The molecule has 0 amide bonds. The van der Waals surface area contributed by atoms with Crippen molar-refractivity contribution in [1.29, 1.82) is 0 Å². The van der Waals surface area contributed by atoms with Crippen LogP contribution in [0.15, 0.2) is 54.6 Å². The first-order valence-electron chi connectivity index (χ1n) is 6.79. The molecule has 1 atom stereocenters. The predicted octanol–water partition coefficient (Wildman–Crippen LogP) is 4.41. The third-order valence-electron chi connectivity index (χ3n) is 3.46. The van der Waals surface area contributed by atoms with Crippen molar-refractivity contribution in [2.45, 2.75) is 25.2 Å². The highest BCUT2D eigenvalue weighted by Crippen LogP contribution is 2.25. The summed E-state index contributed by atoms with van der Waals surface area (Å²) in [7, 11) is 0. The molecule has 1 unspecified atom stereocenters. The summed E-state index contributed by atoms with van der Waals surface area (Å²) in [5.74, 6) is 0.533. The van der Waals surface area contributed by atoms with Crippen LogP contribution in [0.3, 0.4) is 0 Å². The third kappa shape index (κ3) is 4.38. The summed E-state index contributed by atoms with van der Waals surface area (Å²) in [6.07, 6.45) is 3.19. The van der Waals surface area contributed by atoms with Gasteiger partial charge in [0.15, 0.2) is 0 Å². The van der Waals surface area contributed by atoms with Gasteiger partial charge in [-0.05, 0) is 55.0 Å². The highest BCUT2D eigenvalue weighted by atomic mass is 35.5. The number of hydrogen-bond donors (Lipinski definition) is 1. The van der Waals surface area contributed by atoms with Crippen molar-refractivity contribution in [3.63, 3.8) is 0 Å². The quantitative estimate of drug-likeness (QED) is 0.829. The smallest absolute Gasteiger partial charge is 0.0408 e. The average Bonchev–Trinajstić information content (AvgIpc) is 2.44. The Balaban J connectivity index is 2.01. The standard InChI is InChI=1S/C17H20ClN/c18-17-8-4-5-14(13-17)9-10-16(11-12-19)15-6-2-1-3-7-15/h1-8,13,16H,9-12,19H2. The van der Waals surface area contributed by atoms with E-state index in [4.69, 9.17) is 17.3 Å². The molecule has 1 nitrogen and oxygen atoms in total. The van der Waals surface area contributed by atoms with E-state index in [1.54, 1.807) is 0 Å². The maximum absolute atomic E-state index is 6.02. The first-order valence-corrected chi connectivity index (χ1v) is 7.17. The second kappa shape index (κ2) is 7.32. The summed E-state index contributed by atoms with van der Waals surface area (Å²) in [6.45, 7) is 0.731. The van der Waals surface area contributed by atoms with Crippen LogP contribution in [0.5, 0.6) is 0 Å². The molecule has 0 saturated carbocycles. The highest BCUT2D eigenvalue weighted by Gasteiger charge is 2.10. The van der Waals surface area contributed by atoms with Crippen LogP contribution < -0.4 is 5.73 Å². The molecule has 0 saturated heterocycles. The molecule has 0 fully saturated rings. The van der Waals surface area contributed by atoms with E-state index in [2.05, 4.69) is 36.4 Å². The van der Waals surface area contributed by atoms with Gasteiger partial charge in [0.1, 0.15) is 0 Å². The molecule has 2 rings (SSSR count). The molecule has 0 aliphatic rings. The minimum Gasteiger partial charge on any atom is -0.330 e. The summed E-state index contributed by atoms with van der Waals surface area (Å²) in [5, 5.41) is 0.813. The van der Waals surface area contributed by atoms with Crippen LogP contribution in [0.2, 0.25) is 5.02 Å². The Morgan fingerprint density at radius 1 is 0.947 bits per heavy atom. The van der Waals surface area contributed by atoms with Gasteiger partial charge in [-0.3, -0.25) is 0 Å². The molecule has 0 aliphatic carbocycles. The summed E-state index contributed by atoms with van der Waals surface area (Å²) < 4.78 is 0. The van der Waals surface area contributed by atoms with Gasteiger partial charge in [-0.2, -0.15) is 0 Å². The molecule has 2 heteroatoms. The Kier molecular flexibility index (Phi) is 5.44. The van der Waals surface area contributed by atoms with Gasteiger partial charge in [0.25, 0.3) is 0 Å². The van der Waals surface area contributed by atoms with Crippen molar-refractivity contribution in [3.05, 3.63) is 70.7 Å². The summed E-state index contributed by atoms with van der Waals surface area (Å²) >= 11 is 6.02. The average molecular weight is 274 g/mol. The molecule has 0 heterocycles. The summed E-state index contributed by atoms with van der Waals surface area (Å²) in [4.78, 5) is 0. The van der Waals surface area contributed by atoms with Crippen LogP contribution in [0.4, 0.5) is 0 Å². The summed E-state index contributed by atoms with van der Waals surface area (Å²) in [5.41, 5.74) is 8.42. The zero-order valence-electron chi connectivity index (χ0n) is 11.1. The molecule has 100 valence electrons. The number of halogens is 1. The number of nitrogens with two attached hydrogens (primary N) is 1. The van der Waals surface area contributed by atoms with Gasteiger partial charge in [-0.15, -0.1) is 0 Å². The predicted molar refractivity (Wildman–Crippen MR) is 82.6 cm³/mol. The summed E-state index contributed by atoms with van der Waals surface area (Å²) in [6, 6.07) is 18.7. The second-order valence-electron chi connectivity index (χ2n) is 4.85. The Morgan fingerprint density at radius 3 is 2.42 bits per heavy atom. The SMILES string of the molecule is NCCC(CCc1cccc(Cl)c1)c1ccccc1. The van der Waals surface area contributed by atoms with Crippen molar-refractivity contribution >= 4 is 11.6 Å². The second-order valence-corrected chi connectivity index (χ2v) is 5.29. The zero-order valence-corrected chi connectivity index (χ0v) is 11.8. The molecular weight excluding hydrogens is 254 g/mol. The zero-order chi connectivity index (χ0) is 13.5. The molecule has 0 radical (unpaired) electrons. The van der Waals surface area contributed by atoms with Crippen LogP contribution in [-0.4, -0.2) is 6.54 Å². The fourth-order valence-electron chi connectivity index (χ4n) is 2.44. The topological polar surface area (TPSA) is 26.0 Å². The largest absolute Gasteiger partial charge is 0.330 e. The lowest BCUT2D eigenvalue weighted by Gasteiger charge is -2.16. The number of aryl methyl sites for hydroxylation is 1. The monoisotopic (exact) mass is 273 g/mol. The Morgan fingerprint density at radius 2 is 1.74 bits per heavy atom. The van der Waals surface area contributed by atoms with E-state index in [1.165, 1.54) is 11.1 Å². The number of benzene rings is 2. The lowest BCUT2D eigenvalue weighted by atomic mass is 9.90. The maximum Gasteiger partial charge on any atom is 0.0408 e. The van der Waals surface area contributed by atoms with Gasteiger partial charge in [-0.25, -0.2) is 0 Å². The van der Waals surface area contributed by atoms with Crippen molar-refractivity contribution in [3.8, 4) is 0 Å². The van der Waals surface area contributed by atoms with Gasteiger partial charge in [0, 0.05) is 5.02 Å². The molecule has 0 spiro atoms.